The summed E-state index contributed by atoms with van der Waals surface area (Å²) in [7, 11) is 0. The molecule has 0 amide bonds. The minimum atomic E-state index is -1.25. The Bertz CT molecular complexity index is 1020. The van der Waals surface area contributed by atoms with Gasteiger partial charge in [-0.2, -0.15) is 0 Å². The molecule has 8 N–H and O–H groups in total. The van der Waals surface area contributed by atoms with E-state index in [2.05, 4.69) is 20.3 Å². The maximum atomic E-state index is 10.3. The number of nitrogens with zero attached hydrogens (tertiary/aromatic N) is 4. The highest BCUT2D eigenvalue weighted by atomic mass is 35.5. The number of ether oxygens (including phenoxy) is 1. The summed E-state index contributed by atoms with van der Waals surface area (Å²) in [6.07, 6.45) is -1.56. The van der Waals surface area contributed by atoms with Gasteiger partial charge in [0.1, 0.15) is 24.6 Å². The molecular formula is C17H20ClN7O4. The number of nitrogens with two attached hydrogens (primary N) is 2. The largest absolute Gasteiger partial charge is 0.398 e. The first-order valence-electron chi connectivity index (χ1n) is 8.78. The van der Waals surface area contributed by atoms with Crippen LogP contribution >= 0.6 is 11.6 Å². The van der Waals surface area contributed by atoms with Crippen LogP contribution in [0.3, 0.4) is 0 Å². The number of nitrogens with one attached hydrogen (secondary N) is 1. The van der Waals surface area contributed by atoms with Gasteiger partial charge in [0.05, 0.1) is 12.9 Å². The van der Waals surface area contributed by atoms with Gasteiger partial charge < -0.3 is 36.8 Å². The molecule has 154 valence electrons. The molecule has 1 aliphatic heterocycles. The van der Waals surface area contributed by atoms with E-state index in [9.17, 15) is 15.3 Å². The van der Waals surface area contributed by atoms with E-state index < -0.39 is 31.1 Å². The summed E-state index contributed by atoms with van der Waals surface area (Å²) < 4.78 is 7.03. The standard InChI is InChI=1S/C17H20ClN7O4/c18-7-1-9(19)8(10(20)2-7)3-21-15-12-16(23-5-22-15)25(6-24-12)17-14(28)13(27)11(4-26)29-17/h1-2,5-6,11,13-14,17,26-28H,3-4,19-20H2,(H,21,22,23)/t11-,13-,14-,17-/m1/s1. The third-order valence-electron chi connectivity index (χ3n) is 4.87. The second-order valence-corrected chi connectivity index (χ2v) is 7.13. The SMILES string of the molecule is Nc1cc(Cl)cc(N)c1CNc1ncnc2c1ncn2[C@@H]1O[C@H](CO)[C@@H](O)[C@H]1O. The van der Waals surface area contributed by atoms with Crippen LogP contribution in [-0.2, 0) is 11.3 Å². The zero-order chi connectivity index (χ0) is 20.7. The fourth-order valence-electron chi connectivity index (χ4n) is 3.33. The highest BCUT2D eigenvalue weighted by Crippen LogP contribution is 2.32. The average Bonchev–Trinajstić information content (AvgIpc) is 3.23. The Balaban J connectivity index is 1.62. The topological polar surface area (TPSA) is 178 Å². The minimum absolute atomic E-state index is 0.279. The fraction of sp³-hybridized carbons (Fsp3) is 0.353. The van der Waals surface area contributed by atoms with Gasteiger partial charge in [0.15, 0.2) is 23.2 Å². The van der Waals surface area contributed by atoms with Crippen LogP contribution < -0.4 is 16.8 Å². The predicted octanol–water partition coefficient (Wildman–Crippen LogP) is -0.132. The van der Waals surface area contributed by atoms with Gasteiger partial charge in [0.2, 0.25) is 0 Å². The summed E-state index contributed by atoms with van der Waals surface area (Å²) in [4.78, 5) is 12.7. The van der Waals surface area contributed by atoms with Crippen molar-refractivity contribution in [3.63, 3.8) is 0 Å². The van der Waals surface area contributed by atoms with Crippen molar-refractivity contribution in [3.8, 4) is 0 Å². The van der Waals surface area contributed by atoms with Gasteiger partial charge in [-0.25, -0.2) is 15.0 Å². The molecule has 3 aromatic rings. The normalized spacial score (nSPS) is 24.3. The molecule has 4 atom stereocenters. The number of nitrogen functional groups attached to an aromatic ring is 2. The zero-order valence-electron chi connectivity index (χ0n) is 15.1. The number of aliphatic hydroxyl groups excluding tert-OH is 3. The Labute approximate surface area is 169 Å². The van der Waals surface area contributed by atoms with Gasteiger partial charge in [-0.3, -0.25) is 4.57 Å². The highest BCUT2D eigenvalue weighted by Gasteiger charge is 2.44. The zero-order valence-corrected chi connectivity index (χ0v) is 15.9. The van der Waals surface area contributed by atoms with Gasteiger partial charge in [-0.1, -0.05) is 11.6 Å². The van der Waals surface area contributed by atoms with Gasteiger partial charge in [-0.15, -0.1) is 0 Å². The van der Waals surface area contributed by atoms with Crippen LogP contribution in [0.1, 0.15) is 11.8 Å². The van der Waals surface area contributed by atoms with E-state index in [-0.39, 0.29) is 6.54 Å². The van der Waals surface area contributed by atoms with Crippen LogP contribution in [0.15, 0.2) is 24.8 Å². The van der Waals surface area contributed by atoms with Crippen molar-refractivity contribution >= 4 is 40.0 Å². The number of anilines is 3. The first-order valence-corrected chi connectivity index (χ1v) is 9.15. The summed E-state index contributed by atoms with van der Waals surface area (Å²) in [5.41, 5.74) is 14.4. The van der Waals surface area contributed by atoms with E-state index in [1.165, 1.54) is 17.2 Å². The Hall–Kier alpha value is -2.70. The molecule has 0 spiro atoms. The van der Waals surface area contributed by atoms with E-state index in [1.54, 1.807) is 12.1 Å². The first kappa shape index (κ1) is 19.6. The molecule has 29 heavy (non-hydrogen) atoms. The number of aliphatic hydroxyl groups is 3. The first-order chi connectivity index (χ1) is 13.9. The number of rotatable bonds is 5. The van der Waals surface area contributed by atoms with E-state index in [1.807, 2.05) is 0 Å². The van der Waals surface area contributed by atoms with Crippen molar-refractivity contribution in [1.82, 2.24) is 19.5 Å². The van der Waals surface area contributed by atoms with Gasteiger partial charge in [0.25, 0.3) is 0 Å². The number of halogens is 1. The summed E-state index contributed by atoms with van der Waals surface area (Å²) >= 11 is 5.95. The van der Waals surface area contributed by atoms with Crippen LogP contribution in [0.4, 0.5) is 17.2 Å². The number of hydrogen-bond acceptors (Lipinski definition) is 10. The summed E-state index contributed by atoms with van der Waals surface area (Å²) in [6, 6.07) is 3.22. The molecule has 3 heterocycles. The van der Waals surface area contributed by atoms with Crippen LogP contribution in [0.25, 0.3) is 11.2 Å². The Morgan fingerprint density at radius 2 is 1.86 bits per heavy atom. The molecule has 0 radical (unpaired) electrons. The lowest BCUT2D eigenvalue weighted by Crippen LogP contribution is -2.33. The molecule has 1 aliphatic rings. The molecule has 1 saturated heterocycles. The van der Waals surface area contributed by atoms with E-state index >= 15 is 0 Å². The Morgan fingerprint density at radius 1 is 1.14 bits per heavy atom. The Kier molecular flexibility index (Phi) is 5.15. The number of hydrogen-bond donors (Lipinski definition) is 6. The quantitative estimate of drug-likeness (QED) is 0.304. The molecule has 1 fully saturated rings. The van der Waals surface area contributed by atoms with Crippen molar-refractivity contribution in [2.45, 2.75) is 31.1 Å². The predicted molar refractivity (Wildman–Crippen MR) is 106 cm³/mol. The molecular weight excluding hydrogens is 402 g/mol. The highest BCUT2D eigenvalue weighted by molar-refractivity contribution is 6.31. The van der Waals surface area contributed by atoms with Crippen LogP contribution in [0, 0.1) is 0 Å². The third kappa shape index (κ3) is 3.43. The molecule has 0 bridgehead atoms. The number of fused-ring (bicyclic) bond motifs is 1. The smallest absolute Gasteiger partial charge is 0.167 e. The van der Waals surface area contributed by atoms with E-state index in [4.69, 9.17) is 27.8 Å². The van der Waals surface area contributed by atoms with E-state index in [0.717, 1.165) is 0 Å². The van der Waals surface area contributed by atoms with E-state index in [0.29, 0.717) is 38.9 Å². The number of imidazole rings is 1. The lowest BCUT2D eigenvalue weighted by atomic mass is 10.1. The molecule has 0 unspecified atom stereocenters. The maximum absolute atomic E-state index is 10.3. The molecule has 2 aromatic heterocycles. The van der Waals surface area contributed by atoms with Gasteiger partial charge in [0, 0.05) is 28.5 Å². The van der Waals surface area contributed by atoms with Crippen molar-refractivity contribution in [2.24, 2.45) is 0 Å². The molecule has 12 heteroatoms. The maximum Gasteiger partial charge on any atom is 0.167 e. The van der Waals surface area contributed by atoms with Crippen molar-refractivity contribution in [1.29, 1.82) is 0 Å². The van der Waals surface area contributed by atoms with Crippen LogP contribution in [0.2, 0.25) is 5.02 Å². The Morgan fingerprint density at radius 3 is 2.52 bits per heavy atom. The average molecular weight is 422 g/mol. The van der Waals surface area contributed by atoms with Crippen LogP contribution in [0.5, 0.6) is 0 Å². The number of aromatic nitrogens is 4. The van der Waals surface area contributed by atoms with Crippen molar-refractivity contribution in [2.75, 3.05) is 23.4 Å². The monoisotopic (exact) mass is 421 g/mol. The summed E-state index contributed by atoms with van der Waals surface area (Å²) in [6.45, 7) is -0.144. The molecule has 0 saturated carbocycles. The number of benzene rings is 1. The second-order valence-electron chi connectivity index (χ2n) is 6.69. The van der Waals surface area contributed by atoms with Crippen molar-refractivity contribution in [3.05, 3.63) is 35.4 Å². The molecule has 11 nitrogen and oxygen atoms in total. The van der Waals surface area contributed by atoms with Crippen molar-refractivity contribution < 1.29 is 20.1 Å². The minimum Gasteiger partial charge on any atom is -0.398 e. The lowest BCUT2D eigenvalue weighted by molar-refractivity contribution is -0.0511. The third-order valence-corrected chi connectivity index (χ3v) is 5.08. The molecule has 1 aromatic carbocycles. The van der Waals surface area contributed by atoms with Gasteiger partial charge in [-0.05, 0) is 12.1 Å². The van der Waals surface area contributed by atoms with Crippen LogP contribution in [-0.4, -0.2) is 59.8 Å². The molecule has 0 aliphatic carbocycles. The van der Waals surface area contributed by atoms with Gasteiger partial charge >= 0.3 is 0 Å². The summed E-state index contributed by atoms with van der Waals surface area (Å²) in [5, 5.41) is 33.1. The second kappa shape index (κ2) is 7.61. The lowest BCUT2D eigenvalue weighted by Gasteiger charge is -2.16. The summed E-state index contributed by atoms with van der Waals surface area (Å²) in [5.74, 6) is 0.425. The molecule has 4 rings (SSSR count). The fourth-order valence-corrected chi connectivity index (χ4v) is 3.57.